The van der Waals surface area contributed by atoms with Gasteiger partial charge in [-0.1, -0.05) is 17.7 Å². The van der Waals surface area contributed by atoms with Crippen molar-refractivity contribution in [1.82, 2.24) is 9.55 Å². The van der Waals surface area contributed by atoms with E-state index in [0.29, 0.717) is 16.4 Å². The number of hydrogen-bond acceptors (Lipinski definition) is 2. The zero-order valence-electron chi connectivity index (χ0n) is 11.8. The second-order valence-electron chi connectivity index (χ2n) is 5.24. The van der Waals surface area contributed by atoms with Gasteiger partial charge in [-0.05, 0) is 44.2 Å². The number of rotatable bonds is 2. The number of nitrogens with zero attached hydrogens (tertiary/aromatic N) is 2. The van der Waals surface area contributed by atoms with Crippen molar-refractivity contribution in [3.8, 4) is 11.4 Å². The first-order chi connectivity index (χ1) is 9.99. The molecule has 0 aliphatic carbocycles. The van der Waals surface area contributed by atoms with Crippen molar-refractivity contribution in [1.29, 1.82) is 0 Å². The van der Waals surface area contributed by atoms with Gasteiger partial charge in [0.1, 0.15) is 11.6 Å². The van der Waals surface area contributed by atoms with Crippen LogP contribution in [0.3, 0.4) is 0 Å². The molecular formula is C16H15ClFN3. The van der Waals surface area contributed by atoms with Crippen LogP contribution in [0.5, 0.6) is 0 Å². The third-order valence-corrected chi connectivity index (χ3v) is 3.74. The Morgan fingerprint density at radius 2 is 2.00 bits per heavy atom. The van der Waals surface area contributed by atoms with Crippen LogP contribution >= 0.6 is 11.6 Å². The molecule has 0 unspecified atom stereocenters. The Morgan fingerprint density at radius 3 is 2.67 bits per heavy atom. The van der Waals surface area contributed by atoms with E-state index in [4.69, 9.17) is 17.3 Å². The van der Waals surface area contributed by atoms with E-state index in [0.717, 1.165) is 11.0 Å². The fraction of sp³-hybridized carbons (Fsp3) is 0.188. The number of halogens is 2. The second kappa shape index (κ2) is 5.04. The third kappa shape index (κ3) is 2.25. The first kappa shape index (κ1) is 13.9. The summed E-state index contributed by atoms with van der Waals surface area (Å²) in [5.74, 6) is 0.243. The highest BCUT2D eigenvalue weighted by atomic mass is 35.5. The van der Waals surface area contributed by atoms with Crippen molar-refractivity contribution in [3.05, 3.63) is 47.2 Å². The number of anilines is 1. The molecule has 1 heterocycles. The van der Waals surface area contributed by atoms with Crippen LogP contribution in [0.1, 0.15) is 19.9 Å². The lowest BCUT2D eigenvalue weighted by Gasteiger charge is -2.14. The van der Waals surface area contributed by atoms with Crippen LogP contribution in [-0.4, -0.2) is 9.55 Å². The number of para-hydroxylation sites is 1. The van der Waals surface area contributed by atoms with Crippen molar-refractivity contribution >= 4 is 28.3 Å². The largest absolute Gasteiger partial charge is 0.396 e. The maximum absolute atomic E-state index is 13.7. The Kier molecular flexibility index (Phi) is 3.33. The number of benzene rings is 2. The van der Waals surface area contributed by atoms with E-state index in [-0.39, 0.29) is 11.7 Å². The van der Waals surface area contributed by atoms with Crippen molar-refractivity contribution < 1.29 is 4.39 Å². The summed E-state index contributed by atoms with van der Waals surface area (Å²) < 4.78 is 15.8. The predicted octanol–water partition coefficient (Wildman–Crippen LogP) is 4.66. The maximum Gasteiger partial charge on any atom is 0.146 e. The van der Waals surface area contributed by atoms with Gasteiger partial charge in [0.05, 0.1) is 21.7 Å². The molecule has 0 radical (unpaired) electrons. The minimum Gasteiger partial charge on any atom is -0.396 e. The number of nitrogen functional groups attached to an aromatic ring is 1. The van der Waals surface area contributed by atoms with Gasteiger partial charge in [-0.25, -0.2) is 9.37 Å². The predicted molar refractivity (Wildman–Crippen MR) is 84.9 cm³/mol. The van der Waals surface area contributed by atoms with Crippen molar-refractivity contribution in [2.75, 3.05) is 5.73 Å². The zero-order chi connectivity index (χ0) is 15.1. The van der Waals surface area contributed by atoms with Gasteiger partial charge in [-0.2, -0.15) is 0 Å². The highest BCUT2D eigenvalue weighted by Crippen LogP contribution is 2.33. The Labute approximate surface area is 127 Å². The molecule has 2 N–H and O–H groups in total. The number of nitrogens with two attached hydrogens (primary N) is 1. The molecule has 3 nitrogen and oxygen atoms in total. The standard InChI is InChI=1S/C16H15ClFN3/c1-9(2)21-15-11(17)4-3-5-14(15)20-16(21)10-6-7-13(19)12(18)8-10/h3-9H,19H2,1-2H3. The van der Waals surface area contributed by atoms with Crippen molar-refractivity contribution in [2.45, 2.75) is 19.9 Å². The third-order valence-electron chi connectivity index (χ3n) is 3.44. The Bertz CT molecular complexity index is 824. The minimum absolute atomic E-state index is 0.129. The molecule has 3 rings (SSSR count). The summed E-state index contributed by atoms with van der Waals surface area (Å²) in [5.41, 5.74) is 8.01. The van der Waals surface area contributed by atoms with E-state index < -0.39 is 5.82 Å². The van der Waals surface area contributed by atoms with Gasteiger partial charge in [0.2, 0.25) is 0 Å². The topological polar surface area (TPSA) is 43.8 Å². The van der Waals surface area contributed by atoms with Gasteiger partial charge >= 0.3 is 0 Å². The first-order valence-corrected chi connectivity index (χ1v) is 7.08. The summed E-state index contributed by atoms with van der Waals surface area (Å²) >= 11 is 6.31. The van der Waals surface area contributed by atoms with E-state index in [2.05, 4.69) is 4.98 Å². The second-order valence-corrected chi connectivity index (χ2v) is 5.65. The Balaban J connectivity index is 2.34. The molecule has 0 aliphatic rings. The molecule has 1 aromatic heterocycles. The van der Waals surface area contributed by atoms with Gasteiger partial charge in [-0.3, -0.25) is 0 Å². The van der Waals surface area contributed by atoms with Crippen LogP contribution in [0.4, 0.5) is 10.1 Å². The van der Waals surface area contributed by atoms with E-state index in [1.165, 1.54) is 6.07 Å². The van der Waals surface area contributed by atoms with Crippen LogP contribution in [0.15, 0.2) is 36.4 Å². The lowest BCUT2D eigenvalue weighted by atomic mass is 10.1. The average molecular weight is 304 g/mol. The molecule has 0 spiro atoms. The van der Waals surface area contributed by atoms with Gasteiger partial charge in [0, 0.05) is 11.6 Å². The summed E-state index contributed by atoms with van der Waals surface area (Å²) in [5, 5.41) is 0.635. The molecule has 0 bridgehead atoms. The summed E-state index contributed by atoms with van der Waals surface area (Å²) in [6.07, 6.45) is 0. The van der Waals surface area contributed by atoms with Crippen LogP contribution < -0.4 is 5.73 Å². The van der Waals surface area contributed by atoms with Crippen LogP contribution in [0.25, 0.3) is 22.4 Å². The van der Waals surface area contributed by atoms with Crippen molar-refractivity contribution in [2.24, 2.45) is 0 Å². The number of aromatic nitrogens is 2. The van der Waals surface area contributed by atoms with Gasteiger partial charge in [-0.15, -0.1) is 0 Å². The maximum atomic E-state index is 13.7. The normalized spacial score (nSPS) is 11.5. The number of hydrogen-bond donors (Lipinski definition) is 1. The van der Waals surface area contributed by atoms with Gasteiger partial charge < -0.3 is 10.3 Å². The SMILES string of the molecule is CC(C)n1c(-c2ccc(N)c(F)c2)nc2cccc(Cl)c21. The minimum atomic E-state index is -0.444. The first-order valence-electron chi connectivity index (χ1n) is 6.71. The fourth-order valence-corrected chi connectivity index (χ4v) is 2.74. The lowest BCUT2D eigenvalue weighted by Crippen LogP contribution is -2.04. The summed E-state index contributed by atoms with van der Waals surface area (Å²) in [6, 6.07) is 10.5. The summed E-state index contributed by atoms with van der Waals surface area (Å²) in [4.78, 5) is 4.61. The molecule has 3 aromatic rings. The monoisotopic (exact) mass is 303 g/mol. The number of imidazole rings is 1. The Morgan fingerprint density at radius 1 is 1.24 bits per heavy atom. The van der Waals surface area contributed by atoms with Crippen LogP contribution in [0, 0.1) is 5.82 Å². The Hall–Kier alpha value is -2.07. The molecular weight excluding hydrogens is 289 g/mol. The zero-order valence-corrected chi connectivity index (χ0v) is 12.5. The molecule has 0 amide bonds. The smallest absolute Gasteiger partial charge is 0.146 e. The molecule has 0 fully saturated rings. The molecule has 5 heteroatoms. The van der Waals surface area contributed by atoms with Crippen molar-refractivity contribution in [3.63, 3.8) is 0 Å². The highest BCUT2D eigenvalue weighted by molar-refractivity contribution is 6.35. The molecule has 0 saturated carbocycles. The van der Waals surface area contributed by atoms with Gasteiger partial charge in [0.25, 0.3) is 0 Å². The lowest BCUT2D eigenvalue weighted by molar-refractivity contribution is 0.620. The highest BCUT2D eigenvalue weighted by Gasteiger charge is 2.17. The average Bonchev–Trinajstić information content (AvgIpc) is 2.83. The van der Waals surface area contributed by atoms with Crippen LogP contribution in [-0.2, 0) is 0 Å². The molecule has 2 aromatic carbocycles. The van der Waals surface area contributed by atoms with E-state index >= 15 is 0 Å². The molecule has 0 aliphatic heterocycles. The molecule has 21 heavy (non-hydrogen) atoms. The van der Waals surface area contributed by atoms with Crippen LogP contribution in [0.2, 0.25) is 5.02 Å². The van der Waals surface area contributed by atoms with E-state index in [9.17, 15) is 4.39 Å². The molecule has 0 saturated heterocycles. The number of fused-ring (bicyclic) bond motifs is 1. The molecule has 0 atom stereocenters. The summed E-state index contributed by atoms with van der Waals surface area (Å²) in [6.45, 7) is 4.09. The van der Waals surface area contributed by atoms with E-state index in [1.54, 1.807) is 12.1 Å². The van der Waals surface area contributed by atoms with Gasteiger partial charge in [0.15, 0.2) is 0 Å². The fourth-order valence-electron chi connectivity index (χ4n) is 2.48. The molecule has 108 valence electrons. The van der Waals surface area contributed by atoms with E-state index in [1.807, 2.05) is 36.6 Å². The quantitative estimate of drug-likeness (QED) is 0.700. The summed E-state index contributed by atoms with van der Waals surface area (Å²) in [7, 11) is 0.